The van der Waals surface area contributed by atoms with Gasteiger partial charge in [-0.15, -0.1) is 0 Å². The number of nitrogens with two attached hydrogens (primary N) is 1. The molecule has 1 rings (SSSR count). The first kappa shape index (κ1) is 9.45. The molecule has 0 amide bonds. The van der Waals surface area contributed by atoms with Gasteiger partial charge in [0.15, 0.2) is 0 Å². The lowest BCUT2D eigenvalue weighted by Gasteiger charge is -1.97. The molecule has 1 aromatic rings. The van der Waals surface area contributed by atoms with Crippen molar-refractivity contribution in [2.45, 2.75) is 0 Å². The summed E-state index contributed by atoms with van der Waals surface area (Å²) in [5, 5.41) is 4.98. The smallest absolute Gasteiger partial charge is 0.261 e. The Morgan fingerprint density at radius 2 is 1.67 bits per heavy atom. The van der Waals surface area contributed by atoms with Gasteiger partial charge in [-0.2, -0.15) is 0 Å². The van der Waals surface area contributed by atoms with Gasteiger partial charge in [0.05, 0.1) is 0 Å². The van der Waals surface area contributed by atoms with Crippen LogP contribution in [0.2, 0.25) is 0 Å². The predicted molar refractivity (Wildman–Crippen MR) is 48.2 cm³/mol. The van der Waals surface area contributed by atoms with Crippen LogP contribution in [-0.4, -0.2) is 8.42 Å². The van der Waals surface area contributed by atoms with Crippen molar-refractivity contribution in [3.05, 3.63) is 30.3 Å². The van der Waals surface area contributed by atoms with E-state index in [9.17, 15) is 13.0 Å². The van der Waals surface area contributed by atoms with Gasteiger partial charge in [-0.1, -0.05) is 30.3 Å². The fourth-order valence-electron chi connectivity index (χ4n) is 0.739. The van der Waals surface area contributed by atoms with Gasteiger partial charge in [-0.05, 0) is 0 Å². The van der Waals surface area contributed by atoms with Gasteiger partial charge in [0.25, 0.3) is 9.64 Å². The second kappa shape index (κ2) is 3.39. The molecule has 0 spiro atoms. The summed E-state index contributed by atoms with van der Waals surface area (Å²) in [6.07, 6.45) is 0. The van der Waals surface area contributed by atoms with E-state index < -0.39 is 16.6 Å². The number of hydrogen-bond acceptors (Lipinski definition) is 3. The maximum atomic E-state index is 11.1. The van der Waals surface area contributed by atoms with Crippen molar-refractivity contribution < 1.29 is 13.0 Å². The van der Waals surface area contributed by atoms with E-state index in [0.717, 1.165) is 0 Å². The lowest BCUT2D eigenvalue weighted by atomic mass is 10.4. The molecular weight excluding hydrogens is 197 g/mol. The van der Waals surface area contributed by atoms with Crippen LogP contribution in [0.15, 0.2) is 30.3 Å². The number of benzene rings is 1. The summed E-state index contributed by atoms with van der Waals surface area (Å²) >= 11 is 0. The first-order chi connectivity index (χ1) is 5.52. The van der Waals surface area contributed by atoms with Gasteiger partial charge in [-0.25, -0.2) is 13.6 Å². The minimum Gasteiger partial charge on any atom is -0.304 e. The first-order valence-electron chi connectivity index (χ1n) is 3.14. The Bertz CT molecular complexity index is 387. The van der Waals surface area contributed by atoms with Gasteiger partial charge in [0, 0.05) is 5.30 Å². The molecule has 0 radical (unpaired) electrons. The molecule has 0 saturated carbocycles. The first-order valence-corrected chi connectivity index (χ1v) is 6.82. The van der Waals surface area contributed by atoms with Crippen LogP contribution in [0.25, 0.3) is 0 Å². The van der Waals surface area contributed by atoms with Gasteiger partial charge >= 0.3 is 0 Å². The quantitative estimate of drug-likeness (QED) is 0.694. The van der Waals surface area contributed by atoms with Gasteiger partial charge in [0.2, 0.25) is 7.00 Å². The summed E-state index contributed by atoms with van der Waals surface area (Å²) in [6, 6.07) is 7.89. The Labute approximate surface area is 71.0 Å². The molecule has 0 bridgehead atoms. The van der Waals surface area contributed by atoms with E-state index in [0.29, 0.717) is 0 Å². The van der Waals surface area contributed by atoms with Gasteiger partial charge < -0.3 is 4.57 Å². The van der Waals surface area contributed by atoms with E-state index in [1.807, 2.05) is 0 Å². The van der Waals surface area contributed by atoms with Crippen LogP contribution in [0.4, 0.5) is 0 Å². The van der Waals surface area contributed by atoms with E-state index in [1.54, 1.807) is 18.2 Å². The van der Waals surface area contributed by atoms with Crippen molar-refractivity contribution >= 4 is 22.0 Å². The Hall–Kier alpha value is -0.640. The molecule has 1 aromatic carbocycles. The highest BCUT2D eigenvalue weighted by Gasteiger charge is 2.14. The molecule has 0 saturated heterocycles. The Morgan fingerprint density at radius 1 is 1.17 bits per heavy atom. The van der Waals surface area contributed by atoms with Crippen LogP contribution in [0.5, 0.6) is 0 Å². The van der Waals surface area contributed by atoms with Crippen molar-refractivity contribution in [3.63, 3.8) is 0 Å². The average molecular weight is 205 g/mol. The molecule has 1 atom stereocenters. The SMILES string of the molecule is NS(=O)(=O)[PH](=O)c1ccccc1. The molecule has 0 aliphatic carbocycles. The molecule has 1 unspecified atom stereocenters. The molecule has 6 heteroatoms. The normalized spacial score (nSPS) is 14.1. The minimum atomic E-state index is -3.91. The molecule has 0 heterocycles. The van der Waals surface area contributed by atoms with Crippen molar-refractivity contribution in [3.8, 4) is 0 Å². The molecule has 66 valence electrons. The highest BCUT2D eigenvalue weighted by Crippen LogP contribution is 2.24. The largest absolute Gasteiger partial charge is 0.304 e. The molecule has 0 aliphatic heterocycles. The van der Waals surface area contributed by atoms with E-state index in [-0.39, 0.29) is 5.30 Å². The van der Waals surface area contributed by atoms with Crippen LogP contribution in [0.1, 0.15) is 0 Å². The van der Waals surface area contributed by atoms with Crippen LogP contribution >= 0.6 is 7.00 Å². The third kappa shape index (κ3) is 2.17. The fourth-order valence-corrected chi connectivity index (χ4v) is 2.93. The van der Waals surface area contributed by atoms with Gasteiger partial charge in [-0.3, -0.25) is 0 Å². The maximum Gasteiger partial charge on any atom is 0.261 e. The van der Waals surface area contributed by atoms with Crippen molar-refractivity contribution in [2.24, 2.45) is 5.14 Å². The van der Waals surface area contributed by atoms with Crippen LogP contribution in [-0.2, 0) is 14.2 Å². The van der Waals surface area contributed by atoms with Crippen LogP contribution in [0, 0.1) is 0 Å². The third-order valence-corrected chi connectivity index (χ3v) is 4.85. The third-order valence-electron chi connectivity index (χ3n) is 1.27. The minimum absolute atomic E-state index is 0.269. The molecule has 0 aliphatic rings. The Kier molecular flexibility index (Phi) is 2.67. The number of rotatable bonds is 2. The molecule has 4 nitrogen and oxygen atoms in total. The molecule has 2 N–H and O–H groups in total. The molecule has 12 heavy (non-hydrogen) atoms. The Morgan fingerprint density at radius 3 is 2.08 bits per heavy atom. The predicted octanol–water partition coefficient (Wildman–Crippen LogP) is 0.0751. The van der Waals surface area contributed by atoms with Crippen molar-refractivity contribution in [1.82, 2.24) is 0 Å². The van der Waals surface area contributed by atoms with Crippen LogP contribution in [0.3, 0.4) is 0 Å². The number of hydrogen-bond donors (Lipinski definition) is 1. The monoisotopic (exact) mass is 205 g/mol. The zero-order chi connectivity index (χ0) is 9.19. The zero-order valence-corrected chi connectivity index (χ0v) is 7.91. The molecule has 0 aromatic heterocycles. The average Bonchev–Trinajstić information content (AvgIpc) is 2.03. The summed E-state index contributed by atoms with van der Waals surface area (Å²) in [4.78, 5) is 0. The second-order valence-electron chi connectivity index (χ2n) is 2.20. The topological polar surface area (TPSA) is 77.2 Å². The highest BCUT2D eigenvalue weighted by molar-refractivity contribution is 8.46. The fraction of sp³-hybridized carbons (Fsp3) is 0. The van der Waals surface area contributed by atoms with Crippen LogP contribution < -0.4 is 10.4 Å². The van der Waals surface area contributed by atoms with Crippen molar-refractivity contribution in [2.75, 3.05) is 0 Å². The standard InChI is InChI=1S/C6H8NO3PS/c7-12(9,10)11(8)6-4-2-1-3-5-6/h1-5,11H,(H2,7,9,10). The van der Waals surface area contributed by atoms with E-state index >= 15 is 0 Å². The van der Waals surface area contributed by atoms with Crippen molar-refractivity contribution in [1.29, 1.82) is 0 Å². The molecule has 0 fully saturated rings. The lowest BCUT2D eigenvalue weighted by Crippen LogP contribution is -2.11. The molecular formula is C6H8NO3PS. The maximum absolute atomic E-state index is 11.1. The Balaban J connectivity index is 3.11. The summed E-state index contributed by atoms with van der Waals surface area (Å²) in [7, 11) is -6.79. The van der Waals surface area contributed by atoms with E-state index in [1.165, 1.54) is 12.1 Å². The second-order valence-corrected chi connectivity index (χ2v) is 7.26. The summed E-state index contributed by atoms with van der Waals surface area (Å²) in [5.41, 5.74) is 0. The summed E-state index contributed by atoms with van der Waals surface area (Å²) in [6.45, 7) is 0. The zero-order valence-electron chi connectivity index (χ0n) is 6.10. The van der Waals surface area contributed by atoms with E-state index in [2.05, 4.69) is 0 Å². The highest BCUT2D eigenvalue weighted by atomic mass is 32.8. The lowest BCUT2D eigenvalue weighted by molar-refractivity contribution is 0.585. The van der Waals surface area contributed by atoms with Gasteiger partial charge in [0.1, 0.15) is 0 Å². The summed E-state index contributed by atoms with van der Waals surface area (Å²) < 4.78 is 32.4. The van der Waals surface area contributed by atoms with E-state index in [4.69, 9.17) is 5.14 Å². The summed E-state index contributed by atoms with van der Waals surface area (Å²) in [5.74, 6) is 0.